The highest BCUT2D eigenvalue weighted by atomic mass is 32.2. The first kappa shape index (κ1) is 14.9. The third-order valence-electron chi connectivity index (χ3n) is 1.83. The molecule has 0 atom stereocenters. The van der Waals surface area contributed by atoms with Gasteiger partial charge in [-0.1, -0.05) is 11.8 Å². The van der Waals surface area contributed by atoms with Crippen LogP contribution in [0.1, 0.15) is 24.2 Å². The summed E-state index contributed by atoms with van der Waals surface area (Å²) in [5.74, 6) is -0.738. The van der Waals surface area contributed by atoms with E-state index in [0.29, 0.717) is 0 Å². The highest BCUT2D eigenvalue weighted by Gasteiger charge is 2.23. The van der Waals surface area contributed by atoms with Crippen LogP contribution in [0.15, 0.2) is 16.4 Å². The molecule has 6 nitrogen and oxygen atoms in total. The molecule has 8 heteroatoms. The quantitative estimate of drug-likeness (QED) is 0.356. The van der Waals surface area contributed by atoms with Crippen LogP contribution in [0, 0.1) is 0 Å². The Kier molecular flexibility index (Phi) is 4.69. The van der Waals surface area contributed by atoms with Crippen molar-refractivity contribution < 1.29 is 17.9 Å². The van der Waals surface area contributed by atoms with Crippen LogP contribution in [0.25, 0.3) is 0 Å². The van der Waals surface area contributed by atoms with E-state index in [1.54, 1.807) is 20.1 Å². The summed E-state index contributed by atoms with van der Waals surface area (Å²) in [7, 11) is -3.61. The number of carbonyl (C=O) groups excluding carboxylic acids is 1. The zero-order valence-electron chi connectivity index (χ0n) is 10.5. The largest absolute Gasteiger partial charge is 0.459 e. The Labute approximate surface area is 110 Å². The van der Waals surface area contributed by atoms with Gasteiger partial charge in [-0.15, -0.1) is 0 Å². The summed E-state index contributed by atoms with van der Waals surface area (Å²) in [6, 6.07) is 0. The van der Waals surface area contributed by atoms with Crippen molar-refractivity contribution in [3.8, 4) is 0 Å². The standard InChI is InChI=1S/C10H14N2O4S2/c1-6(2)16-9(13)7-5-11-10(17-3)12-8(7)18(4,14)15/h5-6H,1-4H3. The van der Waals surface area contributed by atoms with E-state index in [1.807, 2.05) is 0 Å². The van der Waals surface area contributed by atoms with Gasteiger partial charge in [-0.2, -0.15) is 0 Å². The number of aromatic nitrogens is 2. The Morgan fingerprint density at radius 3 is 2.50 bits per heavy atom. The predicted octanol–water partition coefficient (Wildman–Crippen LogP) is 1.17. The molecule has 18 heavy (non-hydrogen) atoms. The molecule has 0 aliphatic heterocycles. The number of ether oxygens (including phenoxy) is 1. The molecule has 0 saturated carbocycles. The van der Waals surface area contributed by atoms with Gasteiger partial charge in [0.1, 0.15) is 5.56 Å². The molecule has 1 aromatic rings. The van der Waals surface area contributed by atoms with Crippen molar-refractivity contribution in [3.05, 3.63) is 11.8 Å². The van der Waals surface area contributed by atoms with Crippen LogP contribution < -0.4 is 0 Å². The van der Waals surface area contributed by atoms with Gasteiger partial charge in [0.2, 0.25) is 0 Å². The van der Waals surface area contributed by atoms with Gasteiger partial charge in [-0.05, 0) is 20.1 Å². The summed E-state index contributed by atoms with van der Waals surface area (Å²) >= 11 is 1.19. The lowest BCUT2D eigenvalue weighted by Crippen LogP contribution is -2.17. The average molecular weight is 290 g/mol. The second-order valence-corrected chi connectivity index (χ2v) is 6.51. The van der Waals surface area contributed by atoms with Crippen LogP contribution in [0.5, 0.6) is 0 Å². The normalized spacial score (nSPS) is 11.6. The van der Waals surface area contributed by atoms with Crippen LogP contribution in [-0.4, -0.2) is 43.0 Å². The third kappa shape index (κ3) is 3.67. The van der Waals surface area contributed by atoms with E-state index in [2.05, 4.69) is 9.97 Å². The topological polar surface area (TPSA) is 86.2 Å². The van der Waals surface area contributed by atoms with Gasteiger partial charge in [0, 0.05) is 12.5 Å². The Hall–Kier alpha value is -1.15. The van der Waals surface area contributed by atoms with Crippen molar-refractivity contribution >= 4 is 27.6 Å². The van der Waals surface area contributed by atoms with Crippen LogP contribution in [-0.2, 0) is 14.6 Å². The highest BCUT2D eigenvalue weighted by Crippen LogP contribution is 2.18. The molecule has 1 heterocycles. The molecule has 0 N–H and O–H groups in total. The summed E-state index contributed by atoms with van der Waals surface area (Å²) in [5.41, 5.74) is -0.135. The first-order valence-corrected chi connectivity index (χ1v) is 8.19. The minimum absolute atomic E-state index is 0.135. The van der Waals surface area contributed by atoms with E-state index in [1.165, 1.54) is 18.0 Å². The molecule has 1 rings (SSSR count). The van der Waals surface area contributed by atoms with Crippen molar-refractivity contribution in [3.63, 3.8) is 0 Å². The van der Waals surface area contributed by atoms with E-state index in [4.69, 9.17) is 4.74 Å². The number of rotatable bonds is 4. The van der Waals surface area contributed by atoms with Crippen LogP contribution >= 0.6 is 11.8 Å². The minimum atomic E-state index is -3.61. The predicted molar refractivity (Wildman–Crippen MR) is 67.5 cm³/mol. The van der Waals surface area contributed by atoms with Crippen molar-refractivity contribution in [2.45, 2.75) is 30.1 Å². The van der Waals surface area contributed by atoms with E-state index in [0.717, 1.165) is 6.26 Å². The SMILES string of the molecule is CSc1ncc(C(=O)OC(C)C)c(S(C)(=O)=O)n1. The summed E-state index contributed by atoms with van der Waals surface area (Å²) < 4.78 is 28.2. The van der Waals surface area contributed by atoms with E-state index >= 15 is 0 Å². The number of sulfone groups is 1. The molecule has 0 aliphatic rings. The second kappa shape index (κ2) is 5.66. The molecule has 0 aliphatic carbocycles. The summed E-state index contributed by atoms with van der Waals surface area (Å²) in [6.45, 7) is 3.35. The monoisotopic (exact) mass is 290 g/mol. The van der Waals surface area contributed by atoms with Gasteiger partial charge in [-0.3, -0.25) is 0 Å². The molecule has 100 valence electrons. The summed E-state index contributed by atoms with van der Waals surface area (Å²) in [6.07, 6.45) is 3.55. The maximum absolute atomic E-state index is 11.7. The third-order valence-corrected chi connectivity index (χ3v) is 3.40. The molecule has 0 radical (unpaired) electrons. The number of thioether (sulfide) groups is 1. The highest BCUT2D eigenvalue weighted by molar-refractivity contribution is 7.98. The summed E-state index contributed by atoms with van der Waals surface area (Å²) in [4.78, 5) is 19.5. The van der Waals surface area contributed by atoms with Crippen molar-refractivity contribution in [1.29, 1.82) is 0 Å². The van der Waals surface area contributed by atoms with Crippen molar-refractivity contribution in [2.75, 3.05) is 12.5 Å². The number of carbonyl (C=O) groups is 1. The van der Waals surface area contributed by atoms with E-state index in [9.17, 15) is 13.2 Å². The lowest BCUT2D eigenvalue weighted by molar-refractivity contribution is 0.0371. The lowest BCUT2D eigenvalue weighted by atomic mass is 10.3. The number of hydrogen-bond donors (Lipinski definition) is 0. The number of esters is 1. The molecule has 0 unspecified atom stereocenters. The Balaban J connectivity index is 3.31. The molecular formula is C10H14N2O4S2. The summed E-state index contributed by atoms with van der Waals surface area (Å²) in [5, 5.41) is -0.0102. The van der Waals surface area contributed by atoms with Gasteiger partial charge in [-0.25, -0.2) is 23.2 Å². The fourth-order valence-corrected chi connectivity index (χ4v) is 2.34. The molecule has 1 aromatic heterocycles. The minimum Gasteiger partial charge on any atom is -0.459 e. The van der Waals surface area contributed by atoms with E-state index < -0.39 is 15.8 Å². The van der Waals surface area contributed by atoms with Crippen molar-refractivity contribution in [1.82, 2.24) is 9.97 Å². The van der Waals surface area contributed by atoms with Crippen LogP contribution in [0.2, 0.25) is 0 Å². The van der Waals surface area contributed by atoms with Crippen LogP contribution in [0.4, 0.5) is 0 Å². The first-order chi connectivity index (χ1) is 8.25. The van der Waals surface area contributed by atoms with Gasteiger partial charge >= 0.3 is 5.97 Å². The first-order valence-electron chi connectivity index (χ1n) is 5.07. The fourth-order valence-electron chi connectivity index (χ4n) is 1.15. The molecule has 0 saturated heterocycles. The smallest absolute Gasteiger partial charge is 0.342 e. The Morgan fingerprint density at radius 2 is 2.06 bits per heavy atom. The van der Waals surface area contributed by atoms with Gasteiger partial charge in [0.15, 0.2) is 20.0 Å². The van der Waals surface area contributed by atoms with E-state index in [-0.39, 0.29) is 21.8 Å². The maximum atomic E-state index is 11.7. The number of nitrogens with zero attached hydrogens (tertiary/aromatic N) is 2. The Morgan fingerprint density at radius 1 is 1.44 bits per heavy atom. The zero-order chi connectivity index (χ0) is 13.9. The van der Waals surface area contributed by atoms with Crippen LogP contribution in [0.3, 0.4) is 0 Å². The maximum Gasteiger partial charge on any atom is 0.342 e. The van der Waals surface area contributed by atoms with Crippen molar-refractivity contribution in [2.24, 2.45) is 0 Å². The average Bonchev–Trinajstić information content (AvgIpc) is 2.26. The molecule has 0 aromatic carbocycles. The number of hydrogen-bond acceptors (Lipinski definition) is 7. The lowest BCUT2D eigenvalue weighted by Gasteiger charge is -2.10. The van der Waals surface area contributed by atoms with Gasteiger partial charge < -0.3 is 4.74 Å². The molecule has 0 fully saturated rings. The zero-order valence-corrected chi connectivity index (χ0v) is 12.1. The van der Waals surface area contributed by atoms with Gasteiger partial charge in [0.05, 0.1) is 6.10 Å². The fraction of sp³-hybridized carbons (Fsp3) is 0.500. The molecule has 0 bridgehead atoms. The van der Waals surface area contributed by atoms with Gasteiger partial charge in [0.25, 0.3) is 0 Å². The molecule has 0 spiro atoms. The Bertz CT molecular complexity index is 555. The molecule has 0 amide bonds. The second-order valence-electron chi connectivity index (χ2n) is 3.80. The molecular weight excluding hydrogens is 276 g/mol.